The Kier molecular flexibility index (Phi) is 6.11. The number of amides is 1. The zero-order chi connectivity index (χ0) is 19.1. The molecular formula is C18H19N5O3. The molecule has 2 rings (SSSR count). The Balaban J connectivity index is 2.67. The summed E-state index contributed by atoms with van der Waals surface area (Å²) < 4.78 is 5.08. The Hall–Kier alpha value is -3.60. The van der Waals surface area contributed by atoms with Crippen LogP contribution in [-0.2, 0) is 4.74 Å². The van der Waals surface area contributed by atoms with Crippen molar-refractivity contribution >= 4 is 24.2 Å². The van der Waals surface area contributed by atoms with Gasteiger partial charge in [0.05, 0.1) is 24.3 Å². The molecule has 1 aromatic rings. The summed E-state index contributed by atoms with van der Waals surface area (Å²) in [6.45, 7) is 6.43. The Bertz CT molecular complexity index is 854. The van der Waals surface area contributed by atoms with Gasteiger partial charge in [0, 0.05) is 24.7 Å². The van der Waals surface area contributed by atoms with Crippen LogP contribution in [0.4, 0.5) is 0 Å². The van der Waals surface area contributed by atoms with Crippen LogP contribution in [0.3, 0.4) is 0 Å². The molecule has 0 radical (unpaired) electrons. The lowest BCUT2D eigenvalue weighted by atomic mass is 9.93. The summed E-state index contributed by atoms with van der Waals surface area (Å²) in [6.07, 6.45) is 3.20. The van der Waals surface area contributed by atoms with E-state index in [0.29, 0.717) is 24.6 Å². The number of rotatable bonds is 5. The first-order valence-corrected chi connectivity index (χ1v) is 7.81. The Morgan fingerprint density at radius 2 is 2.08 bits per heavy atom. The normalized spacial score (nSPS) is 14.1. The highest BCUT2D eigenvalue weighted by molar-refractivity contribution is 6.08. The molecule has 8 nitrogen and oxygen atoms in total. The minimum absolute atomic E-state index is 0.0732. The van der Waals surface area contributed by atoms with Crippen LogP contribution in [0.15, 0.2) is 40.2 Å². The second-order valence-corrected chi connectivity index (χ2v) is 5.20. The number of benzene rings is 1. The van der Waals surface area contributed by atoms with Crippen LogP contribution in [0.25, 0.3) is 5.57 Å². The monoisotopic (exact) mass is 353 g/mol. The van der Waals surface area contributed by atoms with Crippen molar-refractivity contribution in [1.29, 1.82) is 5.26 Å². The molecule has 0 unspecified atom stereocenters. The number of hydrogen-bond acceptors (Lipinski definition) is 5. The van der Waals surface area contributed by atoms with E-state index in [0.717, 1.165) is 0 Å². The third-order valence-electron chi connectivity index (χ3n) is 3.68. The van der Waals surface area contributed by atoms with Gasteiger partial charge in [-0.3, -0.25) is 4.79 Å². The van der Waals surface area contributed by atoms with E-state index >= 15 is 0 Å². The minimum Gasteiger partial charge on any atom is -0.507 e. The van der Waals surface area contributed by atoms with E-state index in [1.165, 1.54) is 25.3 Å². The van der Waals surface area contributed by atoms with Gasteiger partial charge in [-0.15, -0.1) is 0 Å². The van der Waals surface area contributed by atoms with E-state index in [4.69, 9.17) is 4.74 Å². The fourth-order valence-corrected chi connectivity index (χ4v) is 2.46. The standard InChI is InChI=1S/C18H19N5O3/c1-4-11(9-14(20-2)26-3)15-12(10-19)5-6-13(24)16(15)17(25)23-18-21-7-8-22-18/h4-6,9,24H,2,7-8H2,1,3H3,(H2,21,22,23,25)/b11-4+,14-9+. The topological polar surface area (TPSA) is 119 Å². The number of aromatic hydroxyl groups is 1. The number of nitrogens with zero attached hydrogens (tertiary/aromatic N) is 3. The number of carbonyl (C=O) groups is 1. The van der Waals surface area contributed by atoms with Gasteiger partial charge in [0.1, 0.15) is 5.75 Å². The van der Waals surface area contributed by atoms with E-state index in [2.05, 4.69) is 27.3 Å². The first-order chi connectivity index (χ1) is 12.5. The number of guanidine groups is 1. The average Bonchev–Trinajstić information content (AvgIpc) is 3.15. The summed E-state index contributed by atoms with van der Waals surface area (Å²) in [5, 5.41) is 25.6. The van der Waals surface area contributed by atoms with Crippen LogP contribution in [0.1, 0.15) is 28.4 Å². The van der Waals surface area contributed by atoms with Crippen LogP contribution in [-0.4, -0.2) is 43.9 Å². The molecule has 0 aromatic heterocycles. The number of allylic oxidation sites excluding steroid dienone is 3. The minimum atomic E-state index is -0.676. The largest absolute Gasteiger partial charge is 0.507 e. The molecule has 1 aliphatic rings. The van der Waals surface area contributed by atoms with E-state index in [1.807, 2.05) is 6.07 Å². The van der Waals surface area contributed by atoms with Gasteiger partial charge in [0.2, 0.25) is 5.88 Å². The molecule has 1 saturated heterocycles. The Morgan fingerprint density at radius 1 is 1.38 bits per heavy atom. The molecule has 1 aliphatic heterocycles. The molecule has 0 aliphatic carbocycles. The SMILES string of the molecule is C=N/C(=C\C(=C/C)c1c(C#N)ccc(O)c1C(=O)N=C1NCCN1)OC. The molecule has 8 heteroatoms. The van der Waals surface area contributed by atoms with Gasteiger partial charge in [-0.05, 0) is 31.3 Å². The van der Waals surface area contributed by atoms with Crippen molar-refractivity contribution in [3.05, 3.63) is 46.9 Å². The van der Waals surface area contributed by atoms with Crippen molar-refractivity contribution < 1.29 is 14.6 Å². The molecule has 3 N–H and O–H groups in total. The predicted molar refractivity (Wildman–Crippen MR) is 98.9 cm³/mol. The number of phenols is 1. The molecule has 0 bridgehead atoms. The number of ether oxygens (including phenoxy) is 1. The van der Waals surface area contributed by atoms with Crippen molar-refractivity contribution in [2.75, 3.05) is 20.2 Å². The van der Waals surface area contributed by atoms with E-state index in [-0.39, 0.29) is 28.3 Å². The van der Waals surface area contributed by atoms with E-state index in [9.17, 15) is 15.2 Å². The van der Waals surface area contributed by atoms with Gasteiger partial charge in [-0.25, -0.2) is 4.99 Å². The molecule has 134 valence electrons. The number of nitrogens with one attached hydrogen (secondary N) is 2. The van der Waals surface area contributed by atoms with Gasteiger partial charge < -0.3 is 20.5 Å². The van der Waals surface area contributed by atoms with Gasteiger partial charge >= 0.3 is 0 Å². The van der Waals surface area contributed by atoms with Crippen molar-refractivity contribution in [1.82, 2.24) is 10.6 Å². The molecule has 26 heavy (non-hydrogen) atoms. The third-order valence-corrected chi connectivity index (χ3v) is 3.68. The maximum atomic E-state index is 12.7. The molecule has 0 atom stereocenters. The Morgan fingerprint density at radius 3 is 2.62 bits per heavy atom. The zero-order valence-corrected chi connectivity index (χ0v) is 14.5. The number of hydrogen-bond donors (Lipinski definition) is 3. The summed E-state index contributed by atoms with van der Waals surface area (Å²) in [5.74, 6) is -0.422. The van der Waals surface area contributed by atoms with E-state index in [1.54, 1.807) is 13.0 Å². The fraction of sp³-hybridized carbons (Fsp3) is 0.222. The predicted octanol–water partition coefficient (Wildman–Crippen LogP) is 1.54. The molecule has 1 amide bonds. The molecule has 0 spiro atoms. The van der Waals surface area contributed by atoms with Crippen molar-refractivity contribution in [3.63, 3.8) is 0 Å². The number of nitriles is 1. The second-order valence-electron chi connectivity index (χ2n) is 5.20. The lowest BCUT2D eigenvalue weighted by molar-refractivity contribution is 0.0999. The quantitative estimate of drug-likeness (QED) is 0.420. The van der Waals surface area contributed by atoms with Crippen LogP contribution in [0.2, 0.25) is 0 Å². The number of aliphatic imine (C=N–C) groups is 2. The third kappa shape index (κ3) is 3.89. The van der Waals surface area contributed by atoms with Gasteiger partial charge in [0.25, 0.3) is 5.91 Å². The summed E-state index contributed by atoms with van der Waals surface area (Å²) in [5.41, 5.74) is 0.858. The lowest BCUT2D eigenvalue weighted by Gasteiger charge is -2.13. The average molecular weight is 353 g/mol. The summed E-state index contributed by atoms with van der Waals surface area (Å²) in [7, 11) is 1.43. The van der Waals surface area contributed by atoms with Gasteiger partial charge in [-0.2, -0.15) is 10.3 Å². The number of methoxy groups -OCH3 is 1. The fourth-order valence-electron chi connectivity index (χ4n) is 2.46. The first-order valence-electron chi connectivity index (χ1n) is 7.81. The van der Waals surface area contributed by atoms with Crippen LogP contribution in [0.5, 0.6) is 5.75 Å². The van der Waals surface area contributed by atoms with Gasteiger partial charge in [0.15, 0.2) is 5.96 Å². The van der Waals surface area contributed by atoms with Gasteiger partial charge in [-0.1, -0.05) is 6.08 Å². The van der Waals surface area contributed by atoms with Crippen molar-refractivity contribution in [2.45, 2.75) is 6.92 Å². The maximum absolute atomic E-state index is 12.7. The van der Waals surface area contributed by atoms with Crippen molar-refractivity contribution in [2.24, 2.45) is 9.98 Å². The number of carbonyl (C=O) groups excluding carboxylic acids is 1. The highest BCUT2D eigenvalue weighted by Gasteiger charge is 2.23. The highest BCUT2D eigenvalue weighted by atomic mass is 16.5. The number of phenolic OH excluding ortho intramolecular Hbond substituents is 1. The zero-order valence-electron chi connectivity index (χ0n) is 14.5. The highest BCUT2D eigenvalue weighted by Crippen LogP contribution is 2.32. The molecular weight excluding hydrogens is 334 g/mol. The molecule has 1 fully saturated rings. The van der Waals surface area contributed by atoms with E-state index < -0.39 is 5.91 Å². The summed E-state index contributed by atoms with van der Waals surface area (Å²) >= 11 is 0. The van der Waals surface area contributed by atoms with Crippen LogP contribution < -0.4 is 10.6 Å². The first kappa shape index (κ1) is 18.7. The lowest BCUT2D eigenvalue weighted by Crippen LogP contribution is -2.25. The van der Waals surface area contributed by atoms with Crippen LogP contribution >= 0.6 is 0 Å². The smallest absolute Gasteiger partial charge is 0.284 e. The molecule has 1 aromatic carbocycles. The molecule has 0 saturated carbocycles. The van der Waals surface area contributed by atoms with Crippen molar-refractivity contribution in [3.8, 4) is 11.8 Å². The van der Waals surface area contributed by atoms with Crippen LogP contribution in [0, 0.1) is 11.3 Å². The molecule has 1 heterocycles. The second kappa shape index (κ2) is 8.48. The summed E-state index contributed by atoms with van der Waals surface area (Å²) in [6, 6.07) is 4.77. The Labute approximate surface area is 151 Å². The maximum Gasteiger partial charge on any atom is 0.284 e. The summed E-state index contributed by atoms with van der Waals surface area (Å²) in [4.78, 5) is 20.4.